The molecule has 0 fully saturated rings. The molecular formula is C31H55NO2. The van der Waals surface area contributed by atoms with E-state index in [0.717, 1.165) is 12.8 Å². The number of hydrogen-bond acceptors (Lipinski definition) is 3. The van der Waals surface area contributed by atoms with Crippen molar-refractivity contribution in [3.63, 3.8) is 0 Å². The number of unbranched alkanes of at least 4 members (excludes halogenated alkanes) is 14. The van der Waals surface area contributed by atoms with Gasteiger partial charge in [-0.15, -0.1) is 0 Å². The molecule has 1 aromatic rings. The van der Waals surface area contributed by atoms with Crippen molar-refractivity contribution < 1.29 is 9.53 Å². The van der Waals surface area contributed by atoms with Crippen LogP contribution < -0.4 is 5.32 Å². The summed E-state index contributed by atoms with van der Waals surface area (Å²) in [6.45, 7) is 4.54. The number of ether oxygens (including phenoxy) is 1. The number of nitrogens with one attached hydrogen (secondary N) is 1. The zero-order valence-corrected chi connectivity index (χ0v) is 22.8. The van der Waals surface area contributed by atoms with Crippen molar-refractivity contribution in [2.45, 2.75) is 148 Å². The molecule has 3 nitrogen and oxygen atoms in total. The minimum atomic E-state index is -0.276. The fourth-order valence-corrected chi connectivity index (χ4v) is 4.67. The van der Waals surface area contributed by atoms with Gasteiger partial charge in [-0.2, -0.15) is 0 Å². The summed E-state index contributed by atoms with van der Waals surface area (Å²) in [7, 11) is 1.86. The second-order valence-corrected chi connectivity index (χ2v) is 10.1. The standard InChI is InChI=1S/C31H55NO2/c1-4-6-8-10-12-14-16-21-25-29(26-22-17-15-13-11-9-7-5-2)34-31(33)30(32-3)27-28-23-19-18-20-24-28/h18-20,23-24,29-30,32H,4-17,21-22,25-27H2,1-3H3/t30-/m0/s1. The fourth-order valence-electron chi connectivity index (χ4n) is 4.67. The Hall–Kier alpha value is -1.35. The molecule has 0 aliphatic carbocycles. The summed E-state index contributed by atoms with van der Waals surface area (Å²) in [4.78, 5) is 13.0. The fraction of sp³-hybridized carbons (Fsp3) is 0.774. The minimum Gasteiger partial charge on any atom is -0.461 e. The summed E-state index contributed by atoms with van der Waals surface area (Å²) in [5.41, 5.74) is 1.17. The van der Waals surface area contributed by atoms with Crippen LogP contribution in [0.1, 0.15) is 135 Å². The Balaban J connectivity index is 2.42. The predicted molar refractivity (Wildman–Crippen MR) is 147 cm³/mol. The van der Waals surface area contributed by atoms with Crippen LogP contribution in [0.25, 0.3) is 0 Å². The van der Waals surface area contributed by atoms with Crippen LogP contribution in [0.2, 0.25) is 0 Å². The van der Waals surface area contributed by atoms with Gasteiger partial charge in [0, 0.05) is 0 Å². The largest absolute Gasteiger partial charge is 0.461 e. The van der Waals surface area contributed by atoms with Crippen LogP contribution in [0.3, 0.4) is 0 Å². The third kappa shape index (κ3) is 16.3. The first-order valence-electron chi connectivity index (χ1n) is 14.6. The van der Waals surface area contributed by atoms with E-state index < -0.39 is 0 Å². The average Bonchev–Trinajstić information content (AvgIpc) is 2.86. The molecule has 1 aromatic carbocycles. The Morgan fingerprint density at radius 1 is 0.706 bits per heavy atom. The molecule has 0 aliphatic rings. The van der Waals surface area contributed by atoms with Crippen LogP contribution in [-0.2, 0) is 16.0 Å². The molecule has 34 heavy (non-hydrogen) atoms. The van der Waals surface area contributed by atoms with Crippen molar-refractivity contribution in [3.8, 4) is 0 Å². The van der Waals surface area contributed by atoms with Gasteiger partial charge < -0.3 is 10.1 Å². The van der Waals surface area contributed by atoms with E-state index in [1.807, 2.05) is 25.2 Å². The number of hydrogen-bond donors (Lipinski definition) is 1. The Morgan fingerprint density at radius 3 is 1.59 bits per heavy atom. The lowest BCUT2D eigenvalue weighted by molar-refractivity contribution is -0.152. The number of esters is 1. The molecule has 0 spiro atoms. The number of carbonyl (C=O) groups is 1. The molecule has 1 N–H and O–H groups in total. The van der Waals surface area contributed by atoms with Crippen LogP contribution in [0.5, 0.6) is 0 Å². The lowest BCUT2D eigenvalue weighted by atomic mass is 10.0. The topological polar surface area (TPSA) is 38.3 Å². The summed E-state index contributed by atoms with van der Waals surface area (Å²) >= 11 is 0. The summed E-state index contributed by atoms with van der Waals surface area (Å²) in [6, 6.07) is 9.95. The SMILES string of the molecule is CCCCCCCCCCC(CCCCCCCCCC)OC(=O)[C@H](Cc1ccccc1)NC. The van der Waals surface area contributed by atoms with Crippen LogP contribution in [0.15, 0.2) is 30.3 Å². The molecule has 196 valence electrons. The van der Waals surface area contributed by atoms with Crippen molar-refractivity contribution in [1.82, 2.24) is 5.32 Å². The molecule has 1 atom stereocenters. The number of rotatable bonds is 23. The normalized spacial score (nSPS) is 12.2. The number of carbonyl (C=O) groups excluding carboxylic acids is 1. The first-order valence-corrected chi connectivity index (χ1v) is 14.6. The summed E-state index contributed by atoms with van der Waals surface area (Å²) in [5, 5.41) is 3.18. The van der Waals surface area contributed by atoms with E-state index in [1.165, 1.54) is 108 Å². The van der Waals surface area contributed by atoms with Gasteiger partial charge in [-0.3, -0.25) is 4.79 Å². The van der Waals surface area contributed by atoms with Crippen LogP contribution in [-0.4, -0.2) is 25.2 Å². The van der Waals surface area contributed by atoms with Gasteiger partial charge in [0.05, 0.1) is 0 Å². The molecule has 0 radical (unpaired) electrons. The molecular weight excluding hydrogens is 418 g/mol. The molecule has 0 saturated heterocycles. The lowest BCUT2D eigenvalue weighted by Gasteiger charge is -2.22. The van der Waals surface area contributed by atoms with Gasteiger partial charge >= 0.3 is 5.97 Å². The van der Waals surface area contributed by atoms with Gasteiger partial charge in [-0.25, -0.2) is 0 Å². The zero-order chi connectivity index (χ0) is 24.7. The summed E-state index contributed by atoms with van der Waals surface area (Å²) in [6.07, 6.45) is 23.8. The Bertz CT molecular complexity index is 554. The predicted octanol–water partition coefficient (Wildman–Crippen LogP) is 8.79. The minimum absolute atomic E-state index is 0.0688. The monoisotopic (exact) mass is 473 g/mol. The third-order valence-electron chi connectivity index (χ3n) is 6.96. The van der Waals surface area contributed by atoms with E-state index >= 15 is 0 Å². The van der Waals surface area contributed by atoms with E-state index in [0.29, 0.717) is 6.42 Å². The molecule has 1 rings (SSSR count). The van der Waals surface area contributed by atoms with Gasteiger partial charge in [0.1, 0.15) is 12.1 Å². The maximum Gasteiger partial charge on any atom is 0.323 e. The summed E-state index contributed by atoms with van der Waals surface area (Å²) < 4.78 is 6.09. The molecule has 3 heteroatoms. The van der Waals surface area contributed by atoms with Gasteiger partial charge in [0.2, 0.25) is 0 Å². The van der Waals surface area contributed by atoms with Crippen LogP contribution in [0, 0.1) is 0 Å². The van der Waals surface area contributed by atoms with E-state index in [9.17, 15) is 4.79 Å². The Labute approximate surface area is 211 Å². The third-order valence-corrected chi connectivity index (χ3v) is 6.96. The quantitative estimate of drug-likeness (QED) is 0.127. The molecule has 0 aromatic heterocycles. The molecule has 0 bridgehead atoms. The second kappa shape index (κ2) is 22.1. The summed E-state index contributed by atoms with van der Waals surface area (Å²) in [5.74, 6) is -0.0875. The highest BCUT2D eigenvalue weighted by atomic mass is 16.5. The van der Waals surface area contributed by atoms with Crippen LogP contribution in [0.4, 0.5) is 0 Å². The molecule has 0 heterocycles. The number of benzene rings is 1. The van der Waals surface area contributed by atoms with E-state index in [2.05, 4.69) is 31.3 Å². The van der Waals surface area contributed by atoms with E-state index in [4.69, 9.17) is 4.74 Å². The zero-order valence-electron chi connectivity index (χ0n) is 22.8. The molecule has 0 saturated carbocycles. The smallest absolute Gasteiger partial charge is 0.323 e. The van der Waals surface area contributed by atoms with Crippen molar-refractivity contribution >= 4 is 5.97 Å². The van der Waals surface area contributed by atoms with Gasteiger partial charge in [0.15, 0.2) is 0 Å². The van der Waals surface area contributed by atoms with Crippen LogP contribution >= 0.6 is 0 Å². The molecule has 0 amide bonds. The molecule has 0 unspecified atom stereocenters. The van der Waals surface area contributed by atoms with E-state index in [-0.39, 0.29) is 18.1 Å². The van der Waals surface area contributed by atoms with Crippen molar-refractivity contribution in [3.05, 3.63) is 35.9 Å². The maximum atomic E-state index is 13.0. The van der Waals surface area contributed by atoms with Gasteiger partial charge in [0.25, 0.3) is 0 Å². The highest BCUT2D eigenvalue weighted by Crippen LogP contribution is 2.18. The molecule has 0 aliphatic heterocycles. The number of likely N-dealkylation sites (N-methyl/N-ethyl adjacent to an activating group) is 1. The highest BCUT2D eigenvalue weighted by molar-refractivity contribution is 5.76. The van der Waals surface area contributed by atoms with Crippen molar-refractivity contribution in [2.24, 2.45) is 0 Å². The maximum absolute atomic E-state index is 13.0. The van der Waals surface area contributed by atoms with Gasteiger partial charge in [-0.05, 0) is 44.7 Å². The van der Waals surface area contributed by atoms with Crippen molar-refractivity contribution in [2.75, 3.05) is 7.05 Å². The van der Waals surface area contributed by atoms with Crippen molar-refractivity contribution in [1.29, 1.82) is 0 Å². The Kier molecular flexibility index (Phi) is 20.0. The van der Waals surface area contributed by atoms with E-state index in [1.54, 1.807) is 0 Å². The van der Waals surface area contributed by atoms with Gasteiger partial charge in [-0.1, -0.05) is 134 Å². The Morgan fingerprint density at radius 2 is 1.15 bits per heavy atom. The average molecular weight is 474 g/mol. The highest BCUT2D eigenvalue weighted by Gasteiger charge is 2.22. The lowest BCUT2D eigenvalue weighted by Crippen LogP contribution is -2.39. The second-order valence-electron chi connectivity index (χ2n) is 10.1. The first-order chi connectivity index (χ1) is 16.7. The first kappa shape index (κ1) is 30.7.